The number of nitriles is 1. The summed E-state index contributed by atoms with van der Waals surface area (Å²) in [6, 6.07) is 8.86. The van der Waals surface area contributed by atoms with E-state index < -0.39 is 11.5 Å². The molecule has 2 heterocycles. The van der Waals surface area contributed by atoms with Crippen molar-refractivity contribution in [3.63, 3.8) is 0 Å². The molecular weight excluding hydrogens is 348 g/mol. The molecule has 0 fully saturated rings. The predicted octanol–water partition coefficient (Wildman–Crippen LogP) is 2.83. The van der Waals surface area contributed by atoms with Crippen LogP contribution in [0.4, 0.5) is 0 Å². The molecule has 27 heavy (non-hydrogen) atoms. The predicted molar refractivity (Wildman–Crippen MR) is 97.8 cm³/mol. The first-order chi connectivity index (χ1) is 13.0. The average Bonchev–Trinajstić information content (AvgIpc) is 2.66. The molecule has 2 aromatic rings. The van der Waals surface area contributed by atoms with Crippen molar-refractivity contribution in [2.45, 2.75) is 25.7 Å². The lowest BCUT2D eigenvalue weighted by molar-refractivity contribution is 0.362. The second-order valence-corrected chi connectivity index (χ2v) is 6.06. The average molecular weight is 368 g/mol. The van der Waals surface area contributed by atoms with Crippen LogP contribution in [0.3, 0.4) is 0 Å². The molecule has 0 saturated carbocycles. The van der Waals surface area contributed by atoms with Crippen molar-refractivity contribution in [2.75, 3.05) is 14.2 Å². The van der Waals surface area contributed by atoms with E-state index in [2.05, 4.69) is 6.07 Å². The van der Waals surface area contributed by atoms with Gasteiger partial charge in [0.1, 0.15) is 34.7 Å². The van der Waals surface area contributed by atoms with Gasteiger partial charge in [-0.3, -0.25) is 0 Å². The van der Waals surface area contributed by atoms with Gasteiger partial charge in [-0.15, -0.1) is 0 Å². The summed E-state index contributed by atoms with van der Waals surface area (Å²) >= 11 is 0. The van der Waals surface area contributed by atoms with Crippen molar-refractivity contribution in [2.24, 2.45) is 5.73 Å². The summed E-state index contributed by atoms with van der Waals surface area (Å²) in [4.78, 5) is 12.8. The van der Waals surface area contributed by atoms with E-state index in [1.54, 1.807) is 24.3 Å². The molecule has 0 aliphatic carbocycles. The number of fused-ring (bicyclic) bond motifs is 1. The van der Waals surface area contributed by atoms with Crippen molar-refractivity contribution in [3.8, 4) is 23.3 Å². The summed E-state index contributed by atoms with van der Waals surface area (Å²) in [5.74, 6) is 1.02. The maximum atomic E-state index is 12.8. The van der Waals surface area contributed by atoms with Crippen molar-refractivity contribution >= 4 is 0 Å². The molecule has 7 heteroatoms. The highest BCUT2D eigenvalue weighted by molar-refractivity contribution is 5.58. The van der Waals surface area contributed by atoms with Crippen molar-refractivity contribution in [1.82, 2.24) is 0 Å². The number of aryl methyl sites for hydroxylation is 1. The fraction of sp³-hybridized carbons (Fsp3) is 0.300. The molecule has 0 radical (unpaired) electrons. The van der Waals surface area contributed by atoms with E-state index in [4.69, 9.17) is 24.4 Å². The highest BCUT2D eigenvalue weighted by Gasteiger charge is 2.36. The Labute approximate surface area is 156 Å². The number of methoxy groups -OCH3 is 2. The van der Waals surface area contributed by atoms with Crippen LogP contribution in [0.25, 0.3) is 0 Å². The van der Waals surface area contributed by atoms with E-state index in [0.29, 0.717) is 35.0 Å². The molecular formula is C20H20N2O5. The van der Waals surface area contributed by atoms with Gasteiger partial charge in [-0.05, 0) is 24.6 Å². The highest BCUT2D eigenvalue weighted by atomic mass is 16.5. The number of hydrogen-bond acceptors (Lipinski definition) is 7. The summed E-state index contributed by atoms with van der Waals surface area (Å²) < 4.78 is 21.8. The molecule has 2 N–H and O–H groups in total. The van der Waals surface area contributed by atoms with Crippen molar-refractivity contribution in [1.29, 1.82) is 5.26 Å². The number of hydrogen-bond donors (Lipinski definition) is 1. The van der Waals surface area contributed by atoms with Crippen LogP contribution in [0.2, 0.25) is 0 Å². The van der Waals surface area contributed by atoms with Crippen LogP contribution in [0.15, 0.2) is 44.9 Å². The number of benzene rings is 1. The second kappa shape index (κ2) is 7.46. The van der Waals surface area contributed by atoms with Gasteiger partial charge in [-0.25, -0.2) is 4.79 Å². The molecule has 7 nitrogen and oxygen atoms in total. The third kappa shape index (κ3) is 3.22. The Morgan fingerprint density at radius 1 is 1.26 bits per heavy atom. The quantitative estimate of drug-likeness (QED) is 0.864. The Bertz CT molecular complexity index is 1000. The summed E-state index contributed by atoms with van der Waals surface area (Å²) in [5, 5.41) is 9.67. The lowest BCUT2D eigenvalue weighted by Gasteiger charge is -2.26. The molecule has 1 aliphatic heterocycles. The first-order valence-corrected chi connectivity index (χ1v) is 8.50. The first kappa shape index (κ1) is 18.4. The number of nitrogens with two attached hydrogens (primary N) is 1. The fourth-order valence-electron chi connectivity index (χ4n) is 3.20. The van der Waals surface area contributed by atoms with Gasteiger partial charge >= 0.3 is 5.63 Å². The summed E-state index contributed by atoms with van der Waals surface area (Å²) in [6.07, 6.45) is 1.40. The maximum Gasteiger partial charge on any atom is 0.343 e. The SMILES string of the molecule is CCCc1cc2c(c(=O)o1)C(c1cc(OC)ccc1OC)C(C#N)=C(N)O2. The minimum absolute atomic E-state index is 0.0482. The van der Waals surface area contributed by atoms with Gasteiger partial charge in [-0.1, -0.05) is 6.92 Å². The summed E-state index contributed by atoms with van der Waals surface area (Å²) in [5.41, 5.74) is 6.33. The molecule has 1 aromatic carbocycles. The Balaban J connectivity index is 2.30. The second-order valence-electron chi connectivity index (χ2n) is 6.06. The largest absolute Gasteiger partial charge is 0.497 e. The monoisotopic (exact) mass is 368 g/mol. The van der Waals surface area contributed by atoms with Gasteiger partial charge in [0.25, 0.3) is 0 Å². The van der Waals surface area contributed by atoms with Gasteiger partial charge < -0.3 is 24.4 Å². The standard InChI is InChI=1S/C20H20N2O5/c1-4-5-12-9-16-18(20(23)26-12)17(14(10-21)19(22)27-16)13-8-11(24-2)6-7-15(13)25-3/h6-9,17H,4-5,22H2,1-3H3. The fourth-order valence-corrected chi connectivity index (χ4v) is 3.20. The molecule has 140 valence electrons. The van der Waals surface area contributed by atoms with Crippen LogP contribution < -0.4 is 25.6 Å². The van der Waals surface area contributed by atoms with E-state index in [-0.39, 0.29) is 17.0 Å². The molecule has 0 spiro atoms. The van der Waals surface area contributed by atoms with E-state index in [1.807, 2.05) is 6.92 Å². The van der Waals surface area contributed by atoms with Crippen LogP contribution in [0.5, 0.6) is 17.2 Å². The van der Waals surface area contributed by atoms with Gasteiger partial charge in [0, 0.05) is 18.1 Å². The van der Waals surface area contributed by atoms with Crippen LogP contribution in [0.1, 0.15) is 36.1 Å². The zero-order valence-electron chi connectivity index (χ0n) is 15.4. The maximum absolute atomic E-state index is 12.8. The van der Waals surface area contributed by atoms with E-state index >= 15 is 0 Å². The number of rotatable bonds is 5. The van der Waals surface area contributed by atoms with Crippen LogP contribution in [0, 0.1) is 11.3 Å². The third-order valence-electron chi connectivity index (χ3n) is 4.43. The zero-order valence-corrected chi connectivity index (χ0v) is 15.4. The Morgan fingerprint density at radius 2 is 2.04 bits per heavy atom. The minimum atomic E-state index is -0.782. The Kier molecular flexibility index (Phi) is 5.08. The molecule has 1 atom stereocenters. The van der Waals surface area contributed by atoms with Gasteiger partial charge in [-0.2, -0.15) is 5.26 Å². The zero-order chi connectivity index (χ0) is 19.6. The Hall–Kier alpha value is -3.40. The number of allylic oxidation sites excluding steroid dienone is 1. The van der Waals surface area contributed by atoms with Crippen molar-refractivity contribution in [3.05, 3.63) is 63.0 Å². The summed E-state index contributed by atoms with van der Waals surface area (Å²) in [7, 11) is 3.04. The molecule has 0 amide bonds. The Morgan fingerprint density at radius 3 is 2.67 bits per heavy atom. The van der Waals surface area contributed by atoms with E-state index in [0.717, 1.165) is 6.42 Å². The molecule has 1 aromatic heterocycles. The van der Waals surface area contributed by atoms with Crippen molar-refractivity contribution < 1.29 is 18.6 Å². The highest BCUT2D eigenvalue weighted by Crippen LogP contribution is 2.44. The lowest BCUT2D eigenvalue weighted by atomic mass is 9.83. The van der Waals surface area contributed by atoms with Crippen LogP contribution in [-0.2, 0) is 6.42 Å². The van der Waals surface area contributed by atoms with Gasteiger partial charge in [0.15, 0.2) is 0 Å². The van der Waals surface area contributed by atoms with Crippen LogP contribution >= 0.6 is 0 Å². The van der Waals surface area contributed by atoms with Gasteiger partial charge in [0.2, 0.25) is 5.88 Å². The molecule has 1 unspecified atom stereocenters. The third-order valence-corrected chi connectivity index (χ3v) is 4.43. The molecule has 0 saturated heterocycles. The normalized spacial score (nSPS) is 15.6. The number of nitrogens with zero attached hydrogens (tertiary/aromatic N) is 1. The van der Waals surface area contributed by atoms with Gasteiger partial charge in [0.05, 0.1) is 25.7 Å². The first-order valence-electron chi connectivity index (χ1n) is 8.50. The number of ether oxygens (including phenoxy) is 3. The topological polar surface area (TPSA) is 108 Å². The molecule has 0 bridgehead atoms. The van der Waals surface area contributed by atoms with E-state index in [9.17, 15) is 10.1 Å². The van der Waals surface area contributed by atoms with E-state index in [1.165, 1.54) is 14.2 Å². The lowest BCUT2D eigenvalue weighted by Crippen LogP contribution is -2.26. The van der Waals surface area contributed by atoms with Crippen LogP contribution in [-0.4, -0.2) is 14.2 Å². The molecule has 3 rings (SSSR count). The smallest absolute Gasteiger partial charge is 0.343 e. The summed E-state index contributed by atoms with van der Waals surface area (Å²) in [6.45, 7) is 1.98. The molecule has 1 aliphatic rings. The minimum Gasteiger partial charge on any atom is -0.497 e.